The molecule has 2 aromatic carbocycles. The zero-order valence-electron chi connectivity index (χ0n) is 22.0. The van der Waals surface area contributed by atoms with Gasteiger partial charge in [0, 0.05) is 165 Å². The molecule has 0 heterocycles. The number of ether oxygens (including phenoxy) is 2. The van der Waals surface area contributed by atoms with Crippen molar-refractivity contribution in [2.75, 3.05) is 0 Å². The molecule has 1 unspecified atom stereocenters. The molecule has 34 heavy (non-hydrogen) atoms. The van der Waals surface area contributed by atoms with E-state index in [4.69, 9.17) is 15.1 Å². The Morgan fingerprint density at radius 1 is 0.971 bits per heavy atom. The number of carboxylic acids is 1. The van der Waals surface area contributed by atoms with Crippen LogP contribution in [0, 0.1) is 13.8 Å². The Morgan fingerprint density at radius 2 is 1.53 bits per heavy atom. The van der Waals surface area contributed by atoms with Crippen LogP contribution in [0.15, 0.2) is 36.4 Å². The second-order valence-electron chi connectivity index (χ2n) is 9.15. The molecule has 0 amide bonds. The van der Waals surface area contributed by atoms with Crippen LogP contribution in [0.5, 0.6) is 11.5 Å². The van der Waals surface area contributed by atoms with Gasteiger partial charge in [-0.3, -0.25) is 0 Å². The lowest BCUT2D eigenvalue weighted by Gasteiger charge is -2.19. The van der Waals surface area contributed by atoms with E-state index in [1.54, 1.807) is 19.9 Å². The number of rotatable bonds is 12. The van der Waals surface area contributed by atoms with Gasteiger partial charge in [-0.1, -0.05) is 24.3 Å². The summed E-state index contributed by atoms with van der Waals surface area (Å²) in [5.41, 5.74) is 3.53. The van der Waals surface area contributed by atoms with Crippen LogP contribution in [0.25, 0.3) is 1.43 Å². The smallest absolute Gasteiger partial charge is 0.333 e. The van der Waals surface area contributed by atoms with E-state index in [2.05, 4.69) is 5.11 Å². The summed E-state index contributed by atoms with van der Waals surface area (Å²) in [6.07, 6.45) is -0.234. The van der Waals surface area contributed by atoms with Crippen LogP contribution in [0.3, 0.4) is 0 Å². The summed E-state index contributed by atoms with van der Waals surface area (Å²) in [7, 11) is -3.65. The number of carbonyl (C=O) groups is 1. The molecule has 2 atom stereocenters. The van der Waals surface area contributed by atoms with Gasteiger partial charge in [0.05, 0.1) is 17.5 Å². The van der Waals surface area contributed by atoms with E-state index in [0.29, 0.717) is 18.6 Å². The number of aliphatic carboxylic acids is 1. The van der Waals surface area contributed by atoms with Crippen LogP contribution < -0.4 is 8.92 Å². The van der Waals surface area contributed by atoms with Crippen molar-refractivity contribution in [1.29, 1.82) is 1.43 Å². The largest absolute Gasteiger partial charge is 0.490 e. The van der Waals surface area contributed by atoms with Gasteiger partial charge in [0.15, 0.2) is 6.10 Å². The lowest BCUT2D eigenvalue weighted by atomic mass is 10.0. The van der Waals surface area contributed by atoms with Gasteiger partial charge in [0.25, 0.3) is 1.43 Å². The second kappa shape index (κ2) is 11.7. The summed E-state index contributed by atoms with van der Waals surface area (Å²) in [4.78, 5) is 11.9. The average molecular weight is 709 g/mol. The van der Waals surface area contributed by atoms with Crippen molar-refractivity contribution in [3.63, 3.8) is 0 Å². The zero-order chi connectivity index (χ0) is 26.3. The van der Waals surface area contributed by atoms with E-state index >= 15 is 0 Å². The number of hydrogen-bond donors (Lipinski definition) is 1. The van der Waals surface area contributed by atoms with Crippen LogP contribution in [0.2, 0.25) is 0 Å². The van der Waals surface area contributed by atoms with Gasteiger partial charge in [-0.05, 0) is 82.9 Å². The highest BCUT2D eigenvalue weighted by molar-refractivity contribution is 7.87. The van der Waals surface area contributed by atoms with Crippen LogP contribution in [-0.2, 0) is 32.5 Å². The van der Waals surface area contributed by atoms with Crippen molar-refractivity contribution >= 4 is 16.1 Å². The molecule has 8 heteroatoms. The summed E-state index contributed by atoms with van der Waals surface area (Å²) in [6, 6.07) is 11.1. The molecule has 0 bridgehead atoms. The van der Waals surface area contributed by atoms with Crippen LogP contribution in [0.4, 0.5) is 0 Å². The highest BCUT2D eigenvalue weighted by atomic mass is 32.2. The van der Waals surface area contributed by atoms with Crippen molar-refractivity contribution < 1.29 is 185 Å². The predicted molar refractivity (Wildman–Crippen MR) is 358 cm³/mol. The molecule has 7 nitrogen and oxygen atoms in total. The van der Waals surface area contributed by atoms with Gasteiger partial charge in [0.2, 0.25) is 0 Å². The lowest BCUT2D eigenvalue weighted by molar-refractivity contribution is -0.153. The van der Waals surface area contributed by atoms with Crippen molar-refractivity contribution in [3.8, 4) is 11.5 Å². The maximum atomic E-state index is 12.0. The van der Waals surface area contributed by atoms with Crippen molar-refractivity contribution in [3.05, 3.63) is 58.7 Å². The normalized spacial score (nSPS) is 14.0. The van der Waals surface area contributed by atoms with E-state index in [1.165, 1.54) is 0 Å². The van der Waals surface area contributed by atoms with Crippen molar-refractivity contribution in [2.45, 2.75) is 84.9 Å². The van der Waals surface area contributed by atoms with Crippen molar-refractivity contribution in [1.82, 2.24) is 0 Å². The zero-order valence-corrected chi connectivity index (χ0v) is 21.8. The lowest BCUT2D eigenvalue weighted by Crippen LogP contribution is -2.29. The maximum absolute atomic E-state index is 12.0. The minimum Gasteiger partial charge on any atom is -0.490 e. The number of benzene rings is 2. The Bertz CT molecular complexity index is 1220. The Labute approximate surface area is 363 Å². The van der Waals surface area contributed by atoms with E-state index in [0.717, 1.165) is 28.0 Å². The molecule has 2 rings (SSSR count). The molecule has 0 fully saturated rings. The Morgan fingerprint density at radius 3 is 2.03 bits per heavy atom. The molecule has 402 valence electrons. The molecule has 0 aromatic heterocycles. The third kappa shape index (κ3) is 8.02. The van der Waals surface area contributed by atoms with Crippen molar-refractivity contribution in [2.24, 2.45) is 0 Å². The molecule has 0 spiro atoms. The van der Waals surface area contributed by atoms with Gasteiger partial charge < -0.3 is 18.8 Å². The van der Waals surface area contributed by atoms with E-state index < -0.39 is 27.4 Å². The van der Waals surface area contributed by atoms with Gasteiger partial charge in [0.1, 0.15) is 11.5 Å². The summed E-state index contributed by atoms with van der Waals surface area (Å²) in [5, 5.41) is 3.50. The van der Waals surface area contributed by atoms with Crippen LogP contribution >= 0.6 is 0 Å². The SMILES string of the molecule is [2H]OC(=O)[C@H](Cc1ccc(OC(C)Cc2ccc(OS(=O)(=O)C(C)C)c(C)c2)c(C)c1)OC(C)C.[HH].[HH].[HH].[HH].[HH].[HH].[HH].[HH].[HH].[HH].[HH].[HH].[HH].[HH].[HH].[HH].[HH].[HH].[HH].[HH].[HH].[HH].[HH].[HH].[HH].[HH].[HH].[HH].[HH].[HH].[HH].[HH].[HH].[HH].[HH].[HH].[HH].[HH].[HH].[HH].[HH].[HH].[HH].[HH].[HH].[HH].[HH].[HH].[HH].[HH].[HH].[HH].[HH].[HH].[HH].[HH].[HH].[HH].[HH].[HH].[HH].[HH].[HH].[HH].[HH].[HH].[HH].[HH].[HH].[HH].[HH].[HH].[HH].[HH].[HH].[HH].[HH].[HH].[HH].[HH].[HH].[HH].[HH].[HH].[HH].[HH].[HH].[HH].[HH].[HH].[HH].[HH].[HH].[HH].[HH].[HH].[HH].[HH].[HH].[HH].[HH].[HH].[HH].[HH].[HH].[HH].[HH]. The van der Waals surface area contributed by atoms with Gasteiger partial charge >= 0.3 is 16.1 Å². The van der Waals surface area contributed by atoms with Crippen LogP contribution in [0.1, 0.15) is 210 Å². The first-order valence-corrected chi connectivity index (χ1v) is 12.9. The molecule has 0 aliphatic carbocycles. The summed E-state index contributed by atoms with van der Waals surface area (Å²) < 4.78 is 48.0. The minimum absolute atomic E-state index is 0. The van der Waals surface area contributed by atoms with Crippen LogP contribution in [-0.4, -0.2) is 43.1 Å². The minimum atomic E-state index is -3.65. The first-order valence-electron chi connectivity index (χ1n) is 11.8. The Balaban J connectivity index is -0.00000000116. The molecule has 2 aromatic rings. The van der Waals surface area contributed by atoms with Gasteiger partial charge in [-0.25, -0.2) is 4.79 Å². The second-order valence-corrected chi connectivity index (χ2v) is 11.2. The molecular formula is C26H250O7S. The quantitative estimate of drug-likeness (QED) is 0.219. The number of aryl methyl sites for hydroxylation is 2. The monoisotopic (exact) mass is 709 g/mol. The highest BCUT2D eigenvalue weighted by Gasteiger charge is 2.21. The first kappa shape index (κ1) is 26.0. The molecular weight excluding hydrogens is 456 g/mol. The Kier molecular flexibility index (Phi) is 8.97. The fraction of sp³-hybridized carbons (Fsp3) is 0.500. The molecule has 1 N–H and O–H groups in total. The number of carboxylic acid groups (broad SMARTS) is 1. The molecule has 0 saturated carbocycles. The number of hydrogen-bond acceptors (Lipinski definition) is 7. The average Bonchev–Trinajstić information content (AvgIpc) is 2.76. The maximum Gasteiger partial charge on any atom is 0.333 e. The first-order chi connectivity index (χ1) is 16.3. The third-order valence-electron chi connectivity index (χ3n) is 5.23. The summed E-state index contributed by atoms with van der Waals surface area (Å²) in [6.45, 7) is 12.5. The highest BCUT2D eigenvalue weighted by Crippen LogP contribution is 2.25. The Hall–Kier alpha value is -2.58. The summed E-state index contributed by atoms with van der Waals surface area (Å²) in [5.74, 6) is 0.334. The predicted octanol–water partition coefficient (Wildman–Crippen LogP) is 31.2. The molecule has 0 aliphatic heterocycles. The standard InChI is InChI=1S/C26H36O7S.107H2/c1-16(2)31-25(26(27)28)15-22-8-10-23(18(5)12-22)32-20(7)14-21-9-11-24(19(6)13-21)33-34(29,30)17(3)4;;;;;;;;;;;;;;;;;;;;;;;;;;;;;;;;;;;;;;;;;;;;;;;;;;;;;;;;;;;;;;;;;;;;;;;;;;;;;;;;;;;;;;;;;;;;;;;;;;;;;;;;;;;/h8-13,16-17,20,25H,14-15H2,1-7H3,(H,27,28);107*1H/t20?,25-;;;;;;;;;;;;;;;;;;;;;;;;;;;;;;;;;;;;;;;;;;;;;;;;;;;;;;;;;;;;;;;;;;;;;;;;;;;;;;;;;;;;;;;;;;;;;;;;;;;;;;;;;;;/m0.........................................................................................................../s1/i/hD. The van der Waals surface area contributed by atoms with E-state index in [1.807, 2.05) is 65.0 Å². The third-order valence-corrected chi connectivity index (χ3v) is 6.80. The van der Waals surface area contributed by atoms with E-state index in [-0.39, 0.29) is 165 Å². The van der Waals surface area contributed by atoms with Gasteiger partial charge in [-0.2, -0.15) is 8.42 Å². The van der Waals surface area contributed by atoms with E-state index in [9.17, 15) is 13.2 Å². The topological polar surface area (TPSA) is 99.1 Å². The molecule has 0 radical (unpaired) electrons. The molecule has 0 saturated heterocycles. The van der Waals surface area contributed by atoms with Gasteiger partial charge in [-0.15, -0.1) is 0 Å². The molecule has 0 aliphatic rings. The fourth-order valence-corrected chi connectivity index (χ4v) is 4.07. The fourth-order valence-electron chi connectivity index (χ4n) is 3.44. The summed E-state index contributed by atoms with van der Waals surface area (Å²) >= 11 is 0.